The van der Waals surface area contributed by atoms with Gasteiger partial charge in [0.25, 0.3) is 0 Å². The minimum absolute atomic E-state index is 0.740. The SMILES string of the molecule is C1=CC2=CC=CC3CCCC(=C1)C23.CC.CC.CC. The van der Waals surface area contributed by atoms with E-state index in [-0.39, 0.29) is 0 Å². The van der Waals surface area contributed by atoms with Crippen molar-refractivity contribution in [2.75, 3.05) is 0 Å². The van der Waals surface area contributed by atoms with E-state index in [1.165, 1.54) is 24.8 Å². The molecule has 0 bridgehead atoms. The first-order valence-corrected chi connectivity index (χ1v) is 8.21. The molecule has 0 aromatic carbocycles. The largest absolute Gasteiger partial charge is 0.0805 e. The highest BCUT2D eigenvalue weighted by atomic mass is 14.3. The van der Waals surface area contributed by atoms with Gasteiger partial charge in [-0.3, -0.25) is 0 Å². The summed E-state index contributed by atoms with van der Waals surface area (Å²) in [6.07, 6.45) is 17.8. The fraction of sp³-hybridized carbons (Fsp3) is 0.579. The Labute approximate surface area is 121 Å². The van der Waals surface area contributed by atoms with Gasteiger partial charge < -0.3 is 0 Å². The van der Waals surface area contributed by atoms with Gasteiger partial charge in [0, 0.05) is 5.92 Å². The Balaban J connectivity index is 0.000000482. The number of allylic oxidation sites excluding steroid dienone is 8. The summed E-state index contributed by atoms with van der Waals surface area (Å²) in [6.45, 7) is 12.0. The van der Waals surface area contributed by atoms with E-state index in [2.05, 4.69) is 36.5 Å². The fourth-order valence-electron chi connectivity index (χ4n) is 2.85. The summed E-state index contributed by atoms with van der Waals surface area (Å²) < 4.78 is 0. The van der Waals surface area contributed by atoms with Gasteiger partial charge >= 0.3 is 0 Å². The molecule has 0 aromatic heterocycles. The molecule has 1 saturated carbocycles. The molecule has 3 aliphatic carbocycles. The third-order valence-corrected chi connectivity index (χ3v) is 3.44. The van der Waals surface area contributed by atoms with Crippen LogP contribution in [0.1, 0.15) is 60.8 Å². The van der Waals surface area contributed by atoms with Crippen LogP contribution in [0.3, 0.4) is 0 Å². The van der Waals surface area contributed by atoms with Crippen LogP contribution in [0.25, 0.3) is 0 Å². The average molecular weight is 260 g/mol. The van der Waals surface area contributed by atoms with Crippen LogP contribution in [0.2, 0.25) is 0 Å². The van der Waals surface area contributed by atoms with Gasteiger partial charge in [-0.1, -0.05) is 83.6 Å². The summed E-state index contributed by atoms with van der Waals surface area (Å²) >= 11 is 0. The van der Waals surface area contributed by atoms with Crippen molar-refractivity contribution in [1.82, 2.24) is 0 Å². The zero-order valence-corrected chi connectivity index (χ0v) is 13.7. The Hall–Kier alpha value is -1.04. The van der Waals surface area contributed by atoms with Gasteiger partial charge in [-0.05, 0) is 30.8 Å². The van der Waals surface area contributed by atoms with E-state index in [1.807, 2.05) is 41.5 Å². The van der Waals surface area contributed by atoms with E-state index in [0.29, 0.717) is 0 Å². The average Bonchev–Trinajstić information content (AvgIpc) is 2.54. The molecule has 3 aliphatic rings. The smallest absolute Gasteiger partial charge is 0.0114 e. The van der Waals surface area contributed by atoms with Gasteiger partial charge in [0.2, 0.25) is 0 Å². The Morgan fingerprint density at radius 1 is 0.895 bits per heavy atom. The van der Waals surface area contributed by atoms with Gasteiger partial charge in [-0.25, -0.2) is 0 Å². The van der Waals surface area contributed by atoms with Gasteiger partial charge in [0.1, 0.15) is 0 Å². The minimum Gasteiger partial charge on any atom is -0.0805 e. The molecule has 0 N–H and O–H groups in total. The van der Waals surface area contributed by atoms with Gasteiger partial charge in [0.05, 0.1) is 0 Å². The van der Waals surface area contributed by atoms with Crippen LogP contribution in [0.15, 0.2) is 47.6 Å². The van der Waals surface area contributed by atoms with Crippen LogP contribution < -0.4 is 0 Å². The van der Waals surface area contributed by atoms with Crippen LogP contribution in [0.5, 0.6) is 0 Å². The highest BCUT2D eigenvalue weighted by Crippen LogP contribution is 2.43. The second-order valence-electron chi connectivity index (χ2n) is 4.19. The first-order chi connectivity index (χ1) is 9.45. The molecule has 0 saturated heterocycles. The zero-order valence-electron chi connectivity index (χ0n) is 13.7. The number of hydrogen-bond acceptors (Lipinski definition) is 0. The van der Waals surface area contributed by atoms with Gasteiger partial charge in [-0.15, -0.1) is 0 Å². The van der Waals surface area contributed by atoms with Crippen LogP contribution in [0.4, 0.5) is 0 Å². The Kier molecular flexibility index (Phi) is 10.2. The molecule has 2 atom stereocenters. The van der Waals surface area contributed by atoms with Crippen molar-refractivity contribution >= 4 is 0 Å². The molecular weight excluding hydrogens is 228 g/mol. The highest BCUT2D eigenvalue weighted by molar-refractivity contribution is 5.44. The lowest BCUT2D eigenvalue weighted by atomic mass is 9.68. The lowest BCUT2D eigenvalue weighted by molar-refractivity contribution is 0.402. The maximum Gasteiger partial charge on any atom is 0.0114 e. The predicted molar refractivity (Wildman–Crippen MR) is 89.3 cm³/mol. The molecule has 1 fully saturated rings. The van der Waals surface area contributed by atoms with E-state index in [0.717, 1.165) is 11.8 Å². The second kappa shape index (κ2) is 10.8. The summed E-state index contributed by atoms with van der Waals surface area (Å²) in [5, 5.41) is 0. The van der Waals surface area contributed by atoms with Gasteiger partial charge in [-0.2, -0.15) is 0 Å². The summed E-state index contributed by atoms with van der Waals surface area (Å²) in [5.74, 6) is 1.54. The summed E-state index contributed by atoms with van der Waals surface area (Å²) in [5.41, 5.74) is 3.19. The number of rotatable bonds is 0. The lowest BCUT2D eigenvalue weighted by Gasteiger charge is -2.36. The molecule has 0 amide bonds. The third-order valence-electron chi connectivity index (χ3n) is 3.44. The Bertz CT molecular complexity index is 339. The van der Waals surface area contributed by atoms with Crippen LogP contribution in [-0.2, 0) is 0 Å². The predicted octanol–water partition coefficient (Wildman–Crippen LogP) is 6.47. The molecule has 0 heteroatoms. The standard InChI is InChI=1S/C13H14.3C2H6/c1-4-10-6-2-8-12-9-3-7-11(5-1)13(10)12;3*1-2/h1-2,4-6,8,11,13H,3,7,9H2;3*1-2H3. The van der Waals surface area contributed by atoms with E-state index in [1.54, 1.807) is 5.57 Å². The first kappa shape index (κ1) is 18.0. The summed E-state index contributed by atoms with van der Waals surface area (Å²) in [7, 11) is 0. The molecule has 0 radical (unpaired) electrons. The molecule has 108 valence electrons. The van der Waals surface area contributed by atoms with Crippen molar-refractivity contribution in [1.29, 1.82) is 0 Å². The molecular formula is C19H32. The molecule has 2 unspecified atom stereocenters. The fourth-order valence-corrected chi connectivity index (χ4v) is 2.85. The molecule has 0 spiro atoms. The minimum atomic E-state index is 0.740. The monoisotopic (exact) mass is 260 g/mol. The van der Waals surface area contributed by atoms with Crippen LogP contribution in [-0.4, -0.2) is 0 Å². The Morgan fingerprint density at radius 2 is 1.58 bits per heavy atom. The highest BCUT2D eigenvalue weighted by Gasteiger charge is 2.31. The van der Waals surface area contributed by atoms with Crippen molar-refractivity contribution in [2.45, 2.75) is 60.8 Å². The number of hydrogen-bond donors (Lipinski definition) is 0. The maximum atomic E-state index is 2.39. The summed E-state index contributed by atoms with van der Waals surface area (Å²) in [4.78, 5) is 0. The molecule has 0 aromatic rings. The van der Waals surface area contributed by atoms with Crippen molar-refractivity contribution in [3.05, 3.63) is 47.6 Å². The van der Waals surface area contributed by atoms with Crippen molar-refractivity contribution in [3.8, 4) is 0 Å². The van der Waals surface area contributed by atoms with Crippen LogP contribution >= 0.6 is 0 Å². The lowest BCUT2D eigenvalue weighted by Crippen LogP contribution is -2.24. The van der Waals surface area contributed by atoms with E-state index >= 15 is 0 Å². The molecule has 0 nitrogen and oxygen atoms in total. The molecule has 19 heavy (non-hydrogen) atoms. The topological polar surface area (TPSA) is 0 Å². The molecule has 0 aliphatic heterocycles. The quantitative estimate of drug-likeness (QED) is 0.468. The Morgan fingerprint density at radius 3 is 2.26 bits per heavy atom. The van der Waals surface area contributed by atoms with Crippen LogP contribution in [0, 0.1) is 11.8 Å². The first-order valence-electron chi connectivity index (χ1n) is 8.21. The van der Waals surface area contributed by atoms with E-state index in [4.69, 9.17) is 0 Å². The zero-order chi connectivity index (χ0) is 14.7. The molecule has 3 rings (SSSR count). The normalized spacial score (nSPS) is 24.9. The maximum absolute atomic E-state index is 2.39. The van der Waals surface area contributed by atoms with Crippen molar-refractivity contribution in [2.24, 2.45) is 11.8 Å². The third kappa shape index (κ3) is 4.53. The summed E-state index contributed by atoms with van der Waals surface area (Å²) in [6, 6.07) is 0. The molecule has 0 heterocycles. The van der Waals surface area contributed by atoms with Gasteiger partial charge in [0.15, 0.2) is 0 Å². The van der Waals surface area contributed by atoms with E-state index < -0.39 is 0 Å². The second-order valence-corrected chi connectivity index (χ2v) is 4.19. The van der Waals surface area contributed by atoms with E-state index in [9.17, 15) is 0 Å². The van der Waals surface area contributed by atoms with Crippen molar-refractivity contribution < 1.29 is 0 Å². The van der Waals surface area contributed by atoms with Crippen molar-refractivity contribution in [3.63, 3.8) is 0 Å².